The van der Waals surface area contributed by atoms with Crippen molar-refractivity contribution in [2.24, 2.45) is 11.8 Å². The van der Waals surface area contributed by atoms with Gasteiger partial charge in [-0.3, -0.25) is 14.4 Å². The van der Waals surface area contributed by atoms with Gasteiger partial charge in [0.25, 0.3) is 5.91 Å². The van der Waals surface area contributed by atoms with Gasteiger partial charge in [0.1, 0.15) is 0 Å². The molecule has 2 amide bonds. The Kier molecular flexibility index (Phi) is 6.99. The average molecular weight is 405 g/mol. The summed E-state index contributed by atoms with van der Waals surface area (Å²) in [5.74, 6) is -0.927. The number of nitrogens with zero attached hydrogens (tertiary/aromatic N) is 1. The molecule has 2 fully saturated rings. The van der Waals surface area contributed by atoms with Crippen molar-refractivity contribution >= 4 is 35.2 Å². The number of nitrogens with one attached hydrogen (secondary N) is 1. The van der Waals surface area contributed by atoms with E-state index in [1.54, 1.807) is 16.7 Å². The molecule has 1 saturated carbocycles. The Morgan fingerprint density at radius 3 is 2.82 bits per heavy atom. The highest BCUT2D eigenvalue weighted by Gasteiger charge is 2.36. The van der Waals surface area contributed by atoms with E-state index < -0.39 is 11.9 Å². The molecule has 152 valence electrons. The number of benzene rings is 1. The number of anilines is 1. The summed E-state index contributed by atoms with van der Waals surface area (Å²) >= 11 is 1.60. The normalized spacial score (nSPS) is 24.9. The van der Waals surface area contributed by atoms with Gasteiger partial charge in [-0.15, -0.1) is 11.8 Å². The zero-order valence-corrected chi connectivity index (χ0v) is 17.3. The Morgan fingerprint density at radius 1 is 1.29 bits per heavy atom. The van der Waals surface area contributed by atoms with Gasteiger partial charge in [0, 0.05) is 29.6 Å². The molecule has 1 saturated heterocycles. The van der Waals surface area contributed by atoms with E-state index in [1.165, 1.54) is 6.42 Å². The van der Waals surface area contributed by atoms with Crippen molar-refractivity contribution in [3.05, 3.63) is 24.3 Å². The Labute approximate surface area is 170 Å². The van der Waals surface area contributed by atoms with Crippen LogP contribution in [0.25, 0.3) is 0 Å². The third kappa shape index (κ3) is 5.07. The van der Waals surface area contributed by atoms with Crippen LogP contribution in [0.3, 0.4) is 0 Å². The third-order valence-electron chi connectivity index (χ3n) is 5.63. The zero-order valence-electron chi connectivity index (χ0n) is 16.5. The summed E-state index contributed by atoms with van der Waals surface area (Å²) in [7, 11) is 0. The lowest BCUT2D eigenvalue weighted by atomic mass is 9.86. The fraction of sp³-hybridized carbons (Fsp3) is 0.571. The van der Waals surface area contributed by atoms with Crippen LogP contribution in [0.15, 0.2) is 29.2 Å². The van der Waals surface area contributed by atoms with E-state index in [1.807, 2.05) is 30.5 Å². The third-order valence-corrected chi connectivity index (χ3v) is 6.35. The quantitative estimate of drug-likeness (QED) is 0.583. The smallest absolute Gasteiger partial charge is 0.311 e. The molecule has 6 nitrogen and oxygen atoms in total. The van der Waals surface area contributed by atoms with Crippen molar-refractivity contribution < 1.29 is 19.1 Å². The second-order valence-corrected chi connectivity index (χ2v) is 8.53. The van der Waals surface area contributed by atoms with Crippen molar-refractivity contribution in [1.82, 2.24) is 5.32 Å². The van der Waals surface area contributed by atoms with Crippen molar-refractivity contribution in [2.45, 2.75) is 50.0 Å². The Bertz CT molecular complexity index is 739. The van der Waals surface area contributed by atoms with Crippen LogP contribution < -0.4 is 10.2 Å². The van der Waals surface area contributed by atoms with Crippen molar-refractivity contribution in [3.63, 3.8) is 0 Å². The molecule has 3 rings (SSSR count). The summed E-state index contributed by atoms with van der Waals surface area (Å²) in [5, 5.41) is 2.97. The van der Waals surface area contributed by atoms with E-state index in [9.17, 15) is 14.4 Å². The number of carbonyl (C=O) groups excluding carboxylic acids is 3. The fourth-order valence-electron chi connectivity index (χ4n) is 3.93. The second-order valence-electron chi connectivity index (χ2n) is 7.65. The molecule has 0 unspecified atom stereocenters. The van der Waals surface area contributed by atoms with Gasteiger partial charge in [-0.2, -0.15) is 0 Å². The molecule has 0 bridgehead atoms. The van der Waals surface area contributed by atoms with Gasteiger partial charge < -0.3 is 15.0 Å². The maximum Gasteiger partial charge on any atom is 0.311 e. The number of hydrogen-bond donors (Lipinski definition) is 1. The number of amides is 2. The Balaban J connectivity index is 1.49. The SMILES string of the molecule is CSc1cccc(N2C[C@H](C(=O)OCC(=O)N[C@H]3CCCC[C@@H]3C)CC2=O)c1. The van der Waals surface area contributed by atoms with Crippen LogP contribution in [0.5, 0.6) is 0 Å². The van der Waals surface area contributed by atoms with E-state index in [0.29, 0.717) is 5.92 Å². The summed E-state index contributed by atoms with van der Waals surface area (Å²) in [6.07, 6.45) is 6.50. The van der Waals surface area contributed by atoms with Crippen molar-refractivity contribution in [1.29, 1.82) is 0 Å². The average Bonchev–Trinajstić information content (AvgIpc) is 3.10. The summed E-state index contributed by atoms with van der Waals surface area (Å²) in [5.41, 5.74) is 0.788. The van der Waals surface area contributed by atoms with Gasteiger partial charge in [0.2, 0.25) is 5.91 Å². The summed E-state index contributed by atoms with van der Waals surface area (Å²) in [6, 6.07) is 7.84. The first kappa shape index (κ1) is 20.7. The van der Waals surface area contributed by atoms with Crippen LogP contribution >= 0.6 is 11.8 Å². The van der Waals surface area contributed by atoms with Crippen LogP contribution in [0.4, 0.5) is 5.69 Å². The minimum atomic E-state index is -0.535. The number of thioether (sulfide) groups is 1. The Hall–Kier alpha value is -2.02. The highest BCUT2D eigenvalue weighted by molar-refractivity contribution is 7.98. The van der Waals surface area contributed by atoms with E-state index in [4.69, 9.17) is 4.74 Å². The number of carbonyl (C=O) groups is 3. The zero-order chi connectivity index (χ0) is 20.1. The number of hydrogen-bond acceptors (Lipinski definition) is 5. The Morgan fingerprint density at radius 2 is 2.07 bits per heavy atom. The lowest BCUT2D eigenvalue weighted by Crippen LogP contribution is -2.43. The molecular formula is C21H28N2O4S. The molecule has 1 aliphatic heterocycles. The summed E-state index contributed by atoms with van der Waals surface area (Å²) in [6.45, 7) is 2.15. The highest BCUT2D eigenvalue weighted by atomic mass is 32.2. The minimum absolute atomic E-state index is 0.0966. The van der Waals surface area contributed by atoms with Gasteiger partial charge in [-0.05, 0) is 43.2 Å². The van der Waals surface area contributed by atoms with E-state index in [0.717, 1.165) is 29.8 Å². The predicted octanol–water partition coefficient (Wildman–Crippen LogP) is 3.00. The maximum absolute atomic E-state index is 12.4. The van der Waals surface area contributed by atoms with E-state index in [-0.39, 0.29) is 37.4 Å². The first-order chi connectivity index (χ1) is 13.5. The monoisotopic (exact) mass is 404 g/mol. The number of esters is 1. The molecule has 1 aromatic rings. The highest BCUT2D eigenvalue weighted by Crippen LogP contribution is 2.29. The van der Waals surface area contributed by atoms with Gasteiger partial charge >= 0.3 is 5.97 Å². The van der Waals surface area contributed by atoms with Crippen molar-refractivity contribution in [2.75, 3.05) is 24.3 Å². The second kappa shape index (κ2) is 9.45. The number of rotatable bonds is 6. The molecule has 1 N–H and O–H groups in total. The summed E-state index contributed by atoms with van der Waals surface area (Å²) < 4.78 is 5.21. The largest absolute Gasteiger partial charge is 0.455 e. The predicted molar refractivity (Wildman–Crippen MR) is 109 cm³/mol. The molecule has 0 spiro atoms. The lowest BCUT2D eigenvalue weighted by molar-refractivity contribution is -0.152. The summed E-state index contributed by atoms with van der Waals surface area (Å²) in [4.78, 5) is 39.5. The molecule has 1 aliphatic carbocycles. The first-order valence-corrected chi connectivity index (χ1v) is 11.1. The maximum atomic E-state index is 12.4. The van der Waals surface area contributed by atoms with Crippen LogP contribution in [-0.4, -0.2) is 43.2 Å². The molecule has 0 aromatic heterocycles. The minimum Gasteiger partial charge on any atom is -0.455 e. The molecule has 0 radical (unpaired) electrons. The molecule has 7 heteroatoms. The van der Waals surface area contributed by atoms with Crippen molar-refractivity contribution in [3.8, 4) is 0 Å². The van der Waals surface area contributed by atoms with Gasteiger partial charge in [0.15, 0.2) is 6.61 Å². The van der Waals surface area contributed by atoms with Crippen LogP contribution in [0.2, 0.25) is 0 Å². The van der Waals surface area contributed by atoms with Crippen LogP contribution in [0.1, 0.15) is 39.0 Å². The molecule has 3 atom stereocenters. The molecule has 1 heterocycles. The standard InChI is InChI=1S/C21H28N2O4S/c1-14-6-3-4-9-18(14)22-19(24)13-27-21(26)15-10-20(25)23(12-15)16-7-5-8-17(11-16)28-2/h5,7-8,11,14-15,18H,3-4,6,9-10,12-13H2,1-2H3,(H,22,24)/t14-,15+,18-/m0/s1. The van der Waals surface area contributed by atoms with Crippen LogP contribution in [-0.2, 0) is 19.1 Å². The van der Waals surface area contributed by atoms with Gasteiger partial charge in [-0.25, -0.2) is 0 Å². The van der Waals surface area contributed by atoms with E-state index in [2.05, 4.69) is 12.2 Å². The molecular weight excluding hydrogens is 376 g/mol. The van der Waals surface area contributed by atoms with Gasteiger partial charge in [0.05, 0.1) is 5.92 Å². The molecule has 28 heavy (non-hydrogen) atoms. The van der Waals surface area contributed by atoms with E-state index >= 15 is 0 Å². The van der Waals surface area contributed by atoms with Gasteiger partial charge in [-0.1, -0.05) is 25.8 Å². The molecule has 1 aromatic carbocycles. The number of ether oxygens (including phenoxy) is 1. The fourth-order valence-corrected chi connectivity index (χ4v) is 4.38. The first-order valence-electron chi connectivity index (χ1n) is 9.88. The molecule has 2 aliphatic rings. The van der Waals surface area contributed by atoms with Crippen LogP contribution in [0, 0.1) is 11.8 Å². The topological polar surface area (TPSA) is 75.7 Å². The lowest BCUT2D eigenvalue weighted by Gasteiger charge is -2.29.